The van der Waals surface area contributed by atoms with E-state index in [4.69, 9.17) is 28.5 Å². The number of carbonyl (C=O) groups excluding carboxylic acids is 1. The molecule has 10 heteroatoms. The van der Waals surface area contributed by atoms with Crippen molar-refractivity contribution in [3.8, 4) is 6.07 Å². The summed E-state index contributed by atoms with van der Waals surface area (Å²) in [4.78, 5) is 17.7. The van der Waals surface area contributed by atoms with Crippen molar-refractivity contribution in [3.63, 3.8) is 0 Å². The summed E-state index contributed by atoms with van der Waals surface area (Å²) >= 11 is 13.6. The first-order chi connectivity index (χ1) is 14.2. The van der Waals surface area contributed by atoms with Gasteiger partial charge in [0.1, 0.15) is 0 Å². The van der Waals surface area contributed by atoms with E-state index in [2.05, 4.69) is 16.4 Å². The fourth-order valence-corrected chi connectivity index (χ4v) is 5.34. The molecule has 0 spiro atoms. The molecule has 30 heavy (non-hydrogen) atoms. The van der Waals surface area contributed by atoms with Crippen LogP contribution in [0, 0.1) is 11.3 Å². The number of aromatic nitrogens is 1. The van der Waals surface area contributed by atoms with Gasteiger partial charge in [-0.2, -0.15) is 5.26 Å². The first-order valence-electron chi connectivity index (χ1n) is 8.71. The maximum atomic E-state index is 12.7. The number of nitriles is 1. The Bertz CT molecular complexity index is 1250. The van der Waals surface area contributed by atoms with Gasteiger partial charge in [-0.15, -0.1) is 11.3 Å². The highest BCUT2D eigenvalue weighted by atomic mass is 35.5. The number of sulfone groups is 1. The summed E-state index contributed by atoms with van der Waals surface area (Å²) in [6, 6.07) is 11.9. The van der Waals surface area contributed by atoms with E-state index >= 15 is 0 Å². The molecule has 154 valence electrons. The van der Waals surface area contributed by atoms with Gasteiger partial charge in [0.2, 0.25) is 0 Å². The predicted molar refractivity (Wildman–Crippen MR) is 118 cm³/mol. The lowest BCUT2D eigenvalue weighted by atomic mass is 10.1. The van der Waals surface area contributed by atoms with Crippen molar-refractivity contribution in [2.45, 2.75) is 18.2 Å². The van der Waals surface area contributed by atoms with Crippen molar-refractivity contribution < 1.29 is 13.2 Å². The van der Waals surface area contributed by atoms with Crippen molar-refractivity contribution in [2.75, 3.05) is 11.1 Å². The summed E-state index contributed by atoms with van der Waals surface area (Å²) in [6.45, 7) is 1.49. The summed E-state index contributed by atoms with van der Waals surface area (Å²) in [6.07, 6.45) is 2.23. The zero-order valence-corrected chi connectivity index (χ0v) is 18.8. The van der Waals surface area contributed by atoms with Crippen LogP contribution in [0.15, 0.2) is 47.5 Å². The Hall–Kier alpha value is -2.44. The third kappa shape index (κ3) is 4.82. The summed E-state index contributed by atoms with van der Waals surface area (Å²) in [7, 11) is -3.61. The molecule has 0 bridgehead atoms. The van der Waals surface area contributed by atoms with Gasteiger partial charge in [-0.25, -0.2) is 13.4 Å². The normalized spacial score (nSPS) is 11.1. The number of anilines is 1. The minimum absolute atomic E-state index is 0.0434. The van der Waals surface area contributed by atoms with Gasteiger partial charge in [-0.05, 0) is 29.8 Å². The second-order valence-electron chi connectivity index (χ2n) is 6.21. The molecule has 6 nitrogen and oxygen atoms in total. The fourth-order valence-electron chi connectivity index (χ4n) is 2.64. The molecule has 3 aromatic rings. The number of carbonyl (C=O) groups is 1. The quantitative estimate of drug-likeness (QED) is 0.538. The number of amides is 1. The lowest BCUT2D eigenvalue weighted by Gasteiger charge is -2.11. The van der Waals surface area contributed by atoms with Gasteiger partial charge in [0.25, 0.3) is 5.91 Å². The fraction of sp³-hybridized carbons (Fsp3) is 0.150. The first-order valence-corrected chi connectivity index (χ1v) is 11.9. The number of nitrogens with zero attached hydrogens (tertiary/aromatic N) is 2. The molecular formula is C20H15Cl2N3O3S2. The molecule has 1 heterocycles. The van der Waals surface area contributed by atoms with Gasteiger partial charge in [-0.3, -0.25) is 10.1 Å². The Morgan fingerprint density at radius 1 is 1.20 bits per heavy atom. The van der Waals surface area contributed by atoms with Crippen LogP contribution in [-0.4, -0.2) is 25.1 Å². The summed E-state index contributed by atoms with van der Waals surface area (Å²) in [5.41, 5.74) is 1.47. The van der Waals surface area contributed by atoms with E-state index in [-0.39, 0.29) is 26.3 Å². The van der Waals surface area contributed by atoms with Gasteiger partial charge in [0.15, 0.2) is 15.0 Å². The lowest BCUT2D eigenvalue weighted by molar-refractivity contribution is 0.102. The molecule has 0 aliphatic rings. The van der Waals surface area contributed by atoms with Crippen LogP contribution in [0.1, 0.15) is 33.3 Å². The van der Waals surface area contributed by atoms with Gasteiger partial charge >= 0.3 is 0 Å². The van der Waals surface area contributed by atoms with Crippen LogP contribution in [0.4, 0.5) is 5.13 Å². The van der Waals surface area contributed by atoms with E-state index in [1.807, 2.05) is 12.1 Å². The molecule has 0 fully saturated rings. The summed E-state index contributed by atoms with van der Waals surface area (Å²) in [5.74, 6) is -0.793. The molecule has 0 aliphatic carbocycles. The van der Waals surface area contributed by atoms with Crippen molar-refractivity contribution in [1.29, 1.82) is 5.26 Å². The predicted octanol–water partition coefficient (Wildman–Crippen LogP) is 4.96. The number of thiazole rings is 1. The average Bonchev–Trinajstić information content (AvgIpc) is 3.15. The molecule has 0 radical (unpaired) electrons. The van der Waals surface area contributed by atoms with Crippen LogP contribution < -0.4 is 5.32 Å². The molecule has 0 saturated heterocycles. The van der Waals surface area contributed by atoms with Crippen molar-refractivity contribution >= 4 is 55.4 Å². The van der Waals surface area contributed by atoms with Crippen LogP contribution >= 0.6 is 34.5 Å². The first kappa shape index (κ1) is 22.2. The second kappa shape index (κ2) is 9.14. The van der Waals surface area contributed by atoms with Gasteiger partial charge in [0, 0.05) is 17.5 Å². The third-order valence-corrected chi connectivity index (χ3v) is 7.74. The summed E-state index contributed by atoms with van der Waals surface area (Å²) < 4.78 is 24.4. The lowest BCUT2D eigenvalue weighted by Crippen LogP contribution is -2.15. The standard InChI is InChI=1S/C20H15Cl2N3O3S2/c1-2-30(27,28)16-8-7-15(21)17(18(16)22)19(26)25-20-24-11-14(29-20)9-12-3-5-13(10-23)6-4-12/h3-8,11H,2,9H2,1H3,(H,24,25,26). The van der Waals surface area contributed by atoms with E-state index in [9.17, 15) is 13.2 Å². The molecule has 3 rings (SSSR count). The van der Waals surface area contributed by atoms with Gasteiger partial charge in [-0.1, -0.05) is 42.3 Å². The highest BCUT2D eigenvalue weighted by Crippen LogP contribution is 2.33. The molecule has 2 aromatic carbocycles. The van der Waals surface area contributed by atoms with E-state index in [0.29, 0.717) is 17.1 Å². The van der Waals surface area contributed by atoms with Crippen molar-refractivity contribution in [3.05, 3.63) is 74.2 Å². The molecular weight excluding hydrogens is 465 g/mol. The van der Waals surface area contributed by atoms with Crippen molar-refractivity contribution in [2.24, 2.45) is 0 Å². The van der Waals surface area contributed by atoms with Crippen LogP contribution in [0.25, 0.3) is 0 Å². The van der Waals surface area contributed by atoms with Crippen molar-refractivity contribution in [1.82, 2.24) is 4.98 Å². The molecule has 1 aromatic heterocycles. The third-order valence-electron chi connectivity index (χ3n) is 4.23. The van der Waals surface area contributed by atoms with E-state index in [0.717, 1.165) is 10.4 Å². The van der Waals surface area contributed by atoms with Crippen LogP contribution in [-0.2, 0) is 16.3 Å². The Balaban J connectivity index is 1.80. The minimum atomic E-state index is -3.61. The van der Waals surface area contributed by atoms with Crippen LogP contribution in [0.5, 0.6) is 0 Å². The second-order valence-corrected chi connectivity index (χ2v) is 10.4. The topological polar surface area (TPSA) is 99.9 Å². The molecule has 0 saturated carbocycles. The smallest absolute Gasteiger partial charge is 0.260 e. The Kier molecular flexibility index (Phi) is 6.78. The maximum Gasteiger partial charge on any atom is 0.260 e. The minimum Gasteiger partial charge on any atom is -0.298 e. The highest BCUT2D eigenvalue weighted by Gasteiger charge is 2.24. The molecule has 1 amide bonds. The number of nitrogens with one attached hydrogen (secondary N) is 1. The number of hydrogen-bond acceptors (Lipinski definition) is 6. The zero-order chi connectivity index (χ0) is 21.9. The number of rotatable bonds is 6. The number of hydrogen-bond donors (Lipinski definition) is 1. The Morgan fingerprint density at radius 2 is 1.90 bits per heavy atom. The van der Waals surface area contributed by atoms with Crippen LogP contribution in [0.3, 0.4) is 0 Å². The highest BCUT2D eigenvalue weighted by molar-refractivity contribution is 7.91. The molecule has 0 aliphatic heterocycles. The molecule has 1 N–H and O–H groups in total. The van der Waals surface area contributed by atoms with E-state index in [1.54, 1.807) is 18.3 Å². The molecule has 0 atom stereocenters. The summed E-state index contributed by atoms with van der Waals surface area (Å²) in [5, 5.41) is 11.7. The van der Waals surface area contributed by atoms with E-state index < -0.39 is 15.7 Å². The Morgan fingerprint density at radius 3 is 2.53 bits per heavy atom. The number of halogens is 2. The van der Waals surface area contributed by atoms with E-state index in [1.165, 1.54) is 30.4 Å². The number of benzene rings is 2. The maximum absolute atomic E-state index is 12.7. The largest absolute Gasteiger partial charge is 0.298 e. The monoisotopic (exact) mass is 479 g/mol. The SMILES string of the molecule is CCS(=O)(=O)c1ccc(Cl)c(C(=O)Nc2ncc(Cc3ccc(C#N)cc3)s2)c1Cl. The van der Waals surface area contributed by atoms with Crippen LogP contribution in [0.2, 0.25) is 10.0 Å². The van der Waals surface area contributed by atoms with Gasteiger partial charge in [0.05, 0.1) is 37.9 Å². The zero-order valence-electron chi connectivity index (χ0n) is 15.6. The van der Waals surface area contributed by atoms with Gasteiger partial charge < -0.3 is 0 Å². The average molecular weight is 480 g/mol. The molecule has 0 unspecified atom stereocenters. The Labute approximate surface area is 188 Å².